The number of rotatable bonds is 5. The maximum atomic E-state index is 12.6. The van der Waals surface area contributed by atoms with Crippen molar-refractivity contribution in [3.63, 3.8) is 0 Å². The topological polar surface area (TPSA) is 110 Å². The van der Waals surface area contributed by atoms with Crippen molar-refractivity contribution in [3.8, 4) is 11.5 Å². The van der Waals surface area contributed by atoms with Crippen molar-refractivity contribution in [2.75, 3.05) is 52.4 Å². The minimum Gasteiger partial charge on any atom is -0.444 e. The van der Waals surface area contributed by atoms with Crippen LogP contribution in [-0.4, -0.2) is 109 Å². The summed E-state index contributed by atoms with van der Waals surface area (Å²) in [5, 5.41) is 3.18. The van der Waals surface area contributed by atoms with Crippen molar-refractivity contribution in [3.05, 3.63) is 56.5 Å². The third kappa shape index (κ3) is 19.0. The molecule has 0 saturated carbocycles. The molecular formula is C34H44Br2F6N4O7. The summed E-state index contributed by atoms with van der Waals surface area (Å²) in [6.45, 7) is 16.6. The Kier molecular flexibility index (Phi) is 17.2. The predicted octanol–water partition coefficient (Wildman–Crippen LogP) is 8.39. The van der Waals surface area contributed by atoms with Gasteiger partial charge in [-0.3, -0.25) is 9.69 Å². The fourth-order valence-electron chi connectivity index (χ4n) is 4.53. The van der Waals surface area contributed by atoms with E-state index in [-0.39, 0.29) is 29.1 Å². The molecule has 4 rings (SSSR count). The molecule has 0 atom stereocenters. The SMILES string of the molecule is CC(C)(C)OC(=O)N1CCN(Cc2ccc(Br)cc2OC(F)(F)F)CC1.CC(C)(C)OC(=O)N1CCNCC1.O=Cc1ccc(Br)cc1OC(F)(F)F. The molecule has 2 aromatic carbocycles. The number of piperazine rings is 2. The highest BCUT2D eigenvalue weighted by Crippen LogP contribution is 2.31. The largest absolute Gasteiger partial charge is 0.573 e. The second kappa shape index (κ2) is 19.9. The summed E-state index contributed by atoms with van der Waals surface area (Å²) in [6.07, 6.45) is -9.81. The summed E-state index contributed by atoms with van der Waals surface area (Å²) >= 11 is 6.13. The molecule has 0 aromatic heterocycles. The molecule has 2 aliphatic heterocycles. The van der Waals surface area contributed by atoms with Crippen LogP contribution < -0.4 is 14.8 Å². The second-order valence-electron chi connectivity index (χ2n) is 13.6. The number of carbonyl (C=O) groups is 3. The van der Waals surface area contributed by atoms with Gasteiger partial charge in [-0.25, -0.2) is 9.59 Å². The van der Waals surface area contributed by atoms with Crippen LogP contribution in [0.3, 0.4) is 0 Å². The van der Waals surface area contributed by atoms with Crippen molar-refractivity contribution < 1.29 is 59.7 Å². The number of halogens is 8. The standard InChI is InChI=1S/C17H22BrF3N2O3.C9H18N2O2.C8H4BrF3O2/c1-16(2,3)26-15(24)23-8-6-22(7-9-23)11-12-4-5-13(18)10-14(12)25-17(19,20)21;1-9(2,3)13-8(12)11-6-4-10-5-7-11;9-6-2-1-5(4-13)7(3-6)14-8(10,11)12/h4-5,10H,6-9,11H2,1-3H3;10H,4-7H2,1-3H3;1-4H. The molecule has 11 nitrogen and oxygen atoms in total. The normalized spacial score (nSPS) is 15.6. The quantitative estimate of drug-likeness (QED) is 0.234. The Balaban J connectivity index is 0.000000303. The van der Waals surface area contributed by atoms with Gasteiger partial charge in [0.25, 0.3) is 0 Å². The number of hydrogen-bond donors (Lipinski definition) is 1. The van der Waals surface area contributed by atoms with Gasteiger partial charge in [-0.15, -0.1) is 26.3 Å². The number of hydrogen-bond acceptors (Lipinski definition) is 9. The zero-order chi connectivity index (χ0) is 40.2. The van der Waals surface area contributed by atoms with Crippen LogP contribution in [0.1, 0.15) is 57.5 Å². The highest BCUT2D eigenvalue weighted by molar-refractivity contribution is 9.10. The van der Waals surface area contributed by atoms with Crippen LogP contribution in [0.2, 0.25) is 0 Å². The third-order valence-corrected chi connectivity index (χ3v) is 7.76. The van der Waals surface area contributed by atoms with Crippen molar-refractivity contribution in [2.45, 2.75) is 72.0 Å². The van der Waals surface area contributed by atoms with Gasteiger partial charge < -0.3 is 34.1 Å². The van der Waals surface area contributed by atoms with E-state index >= 15 is 0 Å². The highest BCUT2D eigenvalue weighted by atomic mass is 79.9. The first-order chi connectivity index (χ1) is 24.3. The lowest BCUT2D eigenvalue weighted by Crippen LogP contribution is -2.49. The Bertz CT molecular complexity index is 1500. The first-order valence-electron chi connectivity index (χ1n) is 16.3. The highest BCUT2D eigenvalue weighted by Gasteiger charge is 2.34. The van der Waals surface area contributed by atoms with E-state index in [0.29, 0.717) is 53.5 Å². The van der Waals surface area contributed by atoms with Gasteiger partial charge >= 0.3 is 24.9 Å². The van der Waals surface area contributed by atoms with E-state index in [1.165, 1.54) is 18.2 Å². The second-order valence-corrected chi connectivity index (χ2v) is 15.4. The molecule has 53 heavy (non-hydrogen) atoms. The zero-order valence-electron chi connectivity index (χ0n) is 30.1. The van der Waals surface area contributed by atoms with E-state index in [9.17, 15) is 40.7 Å². The fraction of sp³-hybridized carbons (Fsp3) is 0.559. The molecule has 0 bridgehead atoms. The lowest BCUT2D eigenvalue weighted by molar-refractivity contribution is -0.275. The number of nitrogens with one attached hydrogen (secondary N) is 1. The molecule has 2 heterocycles. The van der Waals surface area contributed by atoms with Crippen molar-refractivity contribution in [1.82, 2.24) is 20.0 Å². The third-order valence-electron chi connectivity index (χ3n) is 6.77. The van der Waals surface area contributed by atoms with Gasteiger partial charge in [0.1, 0.15) is 22.7 Å². The fourth-order valence-corrected chi connectivity index (χ4v) is 5.21. The molecule has 0 radical (unpaired) electrons. The van der Waals surface area contributed by atoms with Gasteiger partial charge in [0.15, 0.2) is 6.29 Å². The van der Waals surface area contributed by atoms with Crippen LogP contribution in [0.25, 0.3) is 0 Å². The van der Waals surface area contributed by atoms with Gasteiger partial charge in [0.2, 0.25) is 0 Å². The van der Waals surface area contributed by atoms with Gasteiger partial charge in [-0.05, 0) is 71.9 Å². The van der Waals surface area contributed by atoms with Crippen LogP contribution >= 0.6 is 31.9 Å². The molecule has 1 N–H and O–H groups in total. The van der Waals surface area contributed by atoms with E-state index in [0.717, 1.165) is 32.2 Å². The maximum absolute atomic E-state index is 12.6. The summed E-state index contributed by atoms with van der Waals surface area (Å²) < 4.78 is 92.6. The molecule has 2 saturated heterocycles. The van der Waals surface area contributed by atoms with Crippen molar-refractivity contribution in [2.24, 2.45) is 0 Å². The van der Waals surface area contributed by atoms with Crippen molar-refractivity contribution >= 4 is 50.3 Å². The predicted molar refractivity (Wildman–Crippen MR) is 191 cm³/mol. The van der Waals surface area contributed by atoms with Crippen LogP contribution in [0.5, 0.6) is 11.5 Å². The Morgan fingerprint density at radius 1 is 0.698 bits per heavy atom. The zero-order valence-corrected chi connectivity index (χ0v) is 33.3. The number of aldehydes is 1. The Morgan fingerprint density at radius 2 is 1.13 bits per heavy atom. The summed E-state index contributed by atoms with van der Waals surface area (Å²) in [4.78, 5) is 39.2. The van der Waals surface area contributed by atoms with Crippen molar-refractivity contribution in [1.29, 1.82) is 0 Å². The van der Waals surface area contributed by atoms with Gasteiger partial charge in [-0.1, -0.05) is 37.9 Å². The van der Waals surface area contributed by atoms with E-state index < -0.39 is 24.1 Å². The average molecular weight is 895 g/mol. The maximum Gasteiger partial charge on any atom is 0.573 e. The molecule has 298 valence electrons. The number of amides is 2. The molecule has 2 aliphatic rings. The van der Waals surface area contributed by atoms with Gasteiger partial charge in [0, 0.05) is 73.4 Å². The first kappa shape index (κ1) is 45.9. The van der Waals surface area contributed by atoms with Crippen LogP contribution in [-0.2, 0) is 16.0 Å². The Morgan fingerprint density at radius 3 is 1.58 bits per heavy atom. The van der Waals surface area contributed by atoms with Crippen LogP contribution in [0, 0.1) is 0 Å². The first-order valence-corrected chi connectivity index (χ1v) is 17.9. The molecule has 0 spiro atoms. The van der Waals surface area contributed by atoms with Crippen LogP contribution in [0.15, 0.2) is 45.3 Å². The van der Waals surface area contributed by atoms with E-state index in [2.05, 4.69) is 46.7 Å². The molecule has 0 unspecified atom stereocenters. The number of benzene rings is 2. The van der Waals surface area contributed by atoms with E-state index in [1.54, 1.807) is 42.7 Å². The molecule has 2 amide bonds. The summed E-state index contributed by atoms with van der Waals surface area (Å²) in [6, 6.07) is 8.35. The minimum atomic E-state index is -4.79. The Labute approximate surface area is 321 Å². The number of alkyl halides is 6. The van der Waals surface area contributed by atoms with E-state index in [4.69, 9.17) is 9.47 Å². The Hall–Kier alpha value is -3.29. The van der Waals surface area contributed by atoms with Gasteiger partial charge in [-0.2, -0.15) is 0 Å². The molecule has 2 aromatic rings. The van der Waals surface area contributed by atoms with Gasteiger partial charge in [0.05, 0.1) is 5.56 Å². The molecular weight excluding hydrogens is 850 g/mol. The molecule has 19 heteroatoms. The lowest BCUT2D eigenvalue weighted by atomic mass is 10.1. The molecule has 2 fully saturated rings. The minimum absolute atomic E-state index is 0.148. The summed E-state index contributed by atoms with van der Waals surface area (Å²) in [5.74, 6) is -0.733. The number of carbonyl (C=O) groups excluding carboxylic acids is 3. The lowest BCUT2D eigenvalue weighted by Gasteiger charge is -2.35. The number of ether oxygens (including phenoxy) is 4. The van der Waals surface area contributed by atoms with E-state index in [1.807, 2.05) is 25.7 Å². The summed E-state index contributed by atoms with van der Waals surface area (Å²) in [5.41, 5.74) is -0.654. The number of nitrogens with zero attached hydrogens (tertiary/aromatic N) is 3. The monoisotopic (exact) mass is 892 g/mol. The molecule has 0 aliphatic carbocycles. The smallest absolute Gasteiger partial charge is 0.444 e. The van der Waals surface area contributed by atoms with Crippen LogP contribution in [0.4, 0.5) is 35.9 Å². The average Bonchev–Trinajstić information content (AvgIpc) is 3.01. The summed E-state index contributed by atoms with van der Waals surface area (Å²) in [7, 11) is 0.